The third-order valence-corrected chi connectivity index (χ3v) is 4.36. The maximum Gasteiger partial charge on any atom is 0.222 e. The second-order valence-electron chi connectivity index (χ2n) is 6.21. The van der Waals surface area contributed by atoms with E-state index >= 15 is 0 Å². The highest BCUT2D eigenvalue weighted by atomic mass is 16.2. The fraction of sp³-hybridized carbons (Fsp3) is 0.947. The van der Waals surface area contributed by atoms with Gasteiger partial charge >= 0.3 is 0 Å². The van der Waals surface area contributed by atoms with Crippen molar-refractivity contribution in [2.24, 2.45) is 0 Å². The van der Waals surface area contributed by atoms with Crippen molar-refractivity contribution in [1.82, 2.24) is 4.90 Å². The molecule has 0 heterocycles. The Morgan fingerprint density at radius 1 is 0.619 bits per heavy atom. The molecular weight excluding hydrogens is 258 g/mol. The number of rotatable bonds is 15. The van der Waals surface area contributed by atoms with Crippen LogP contribution < -0.4 is 0 Å². The highest BCUT2D eigenvalue weighted by molar-refractivity contribution is 5.75. The van der Waals surface area contributed by atoms with Gasteiger partial charge in [-0.3, -0.25) is 4.79 Å². The van der Waals surface area contributed by atoms with Gasteiger partial charge in [-0.05, 0) is 20.3 Å². The van der Waals surface area contributed by atoms with Gasteiger partial charge in [0.2, 0.25) is 5.91 Å². The summed E-state index contributed by atoms with van der Waals surface area (Å²) >= 11 is 0. The lowest BCUT2D eigenvalue weighted by Gasteiger charge is -2.18. The van der Waals surface area contributed by atoms with E-state index in [0.29, 0.717) is 5.91 Å². The second-order valence-corrected chi connectivity index (χ2v) is 6.21. The van der Waals surface area contributed by atoms with E-state index in [1.807, 2.05) is 4.90 Å². The molecular formula is C19H39NO. The average Bonchev–Trinajstić information content (AvgIpc) is 2.49. The molecule has 0 unspecified atom stereocenters. The van der Waals surface area contributed by atoms with Gasteiger partial charge in [-0.25, -0.2) is 0 Å². The van der Waals surface area contributed by atoms with Crippen LogP contribution in [0.15, 0.2) is 0 Å². The largest absolute Gasteiger partial charge is 0.343 e. The van der Waals surface area contributed by atoms with Crippen LogP contribution in [0.1, 0.15) is 104 Å². The van der Waals surface area contributed by atoms with Crippen molar-refractivity contribution in [2.75, 3.05) is 13.1 Å². The first-order valence-electron chi connectivity index (χ1n) is 9.54. The minimum absolute atomic E-state index is 0.340. The summed E-state index contributed by atoms with van der Waals surface area (Å²) in [6, 6.07) is 0. The van der Waals surface area contributed by atoms with Gasteiger partial charge in [-0.2, -0.15) is 0 Å². The van der Waals surface area contributed by atoms with Crippen LogP contribution in [-0.2, 0) is 4.79 Å². The van der Waals surface area contributed by atoms with E-state index in [9.17, 15) is 4.79 Å². The van der Waals surface area contributed by atoms with Gasteiger partial charge in [0.1, 0.15) is 0 Å². The molecule has 0 spiro atoms. The molecule has 0 radical (unpaired) electrons. The number of unbranched alkanes of at least 4 members (excludes halogenated alkanes) is 11. The zero-order chi connectivity index (χ0) is 15.8. The van der Waals surface area contributed by atoms with E-state index in [1.165, 1.54) is 70.6 Å². The molecule has 1 amide bonds. The normalized spacial score (nSPS) is 10.8. The van der Waals surface area contributed by atoms with Crippen LogP contribution in [0, 0.1) is 0 Å². The van der Waals surface area contributed by atoms with E-state index in [-0.39, 0.29) is 0 Å². The molecule has 0 aromatic rings. The van der Waals surface area contributed by atoms with E-state index < -0.39 is 0 Å². The lowest BCUT2D eigenvalue weighted by molar-refractivity contribution is -0.130. The Morgan fingerprint density at radius 2 is 1.00 bits per heavy atom. The molecule has 0 atom stereocenters. The Hall–Kier alpha value is -0.530. The minimum Gasteiger partial charge on any atom is -0.343 e. The highest BCUT2D eigenvalue weighted by Gasteiger charge is 2.07. The van der Waals surface area contributed by atoms with E-state index in [0.717, 1.165) is 25.9 Å². The molecule has 21 heavy (non-hydrogen) atoms. The molecule has 0 aliphatic heterocycles. The third kappa shape index (κ3) is 12.9. The van der Waals surface area contributed by atoms with Crippen molar-refractivity contribution in [3.63, 3.8) is 0 Å². The number of nitrogens with zero attached hydrogens (tertiary/aromatic N) is 1. The van der Waals surface area contributed by atoms with Crippen LogP contribution in [0.4, 0.5) is 0 Å². The standard InChI is InChI=1S/C19H39NO/c1-4-7-8-9-10-11-12-13-14-15-16-17-18-19(21)20(5-2)6-3/h4-18H2,1-3H3. The third-order valence-electron chi connectivity index (χ3n) is 4.36. The zero-order valence-electron chi connectivity index (χ0n) is 15.0. The number of carbonyl (C=O) groups excluding carboxylic acids is 1. The second kappa shape index (κ2) is 15.9. The number of carbonyl (C=O) groups is 1. The Labute approximate surface area is 133 Å². The molecule has 0 saturated heterocycles. The maximum atomic E-state index is 11.8. The first kappa shape index (κ1) is 20.5. The monoisotopic (exact) mass is 297 g/mol. The summed E-state index contributed by atoms with van der Waals surface area (Å²) < 4.78 is 0. The van der Waals surface area contributed by atoms with Crippen LogP contribution in [0.2, 0.25) is 0 Å². The molecule has 0 N–H and O–H groups in total. The quantitative estimate of drug-likeness (QED) is 0.342. The van der Waals surface area contributed by atoms with Crippen LogP contribution >= 0.6 is 0 Å². The van der Waals surface area contributed by atoms with Crippen LogP contribution in [0.25, 0.3) is 0 Å². The molecule has 0 aromatic carbocycles. The average molecular weight is 298 g/mol. The van der Waals surface area contributed by atoms with Gasteiger partial charge in [-0.15, -0.1) is 0 Å². The Balaban J connectivity index is 3.20. The minimum atomic E-state index is 0.340. The SMILES string of the molecule is CCCCCCCCCCCCCCC(=O)N(CC)CC. The number of hydrogen-bond donors (Lipinski definition) is 0. The van der Waals surface area contributed by atoms with Gasteiger partial charge < -0.3 is 4.90 Å². The number of amides is 1. The topological polar surface area (TPSA) is 20.3 Å². The molecule has 0 rings (SSSR count). The maximum absolute atomic E-state index is 11.8. The van der Waals surface area contributed by atoms with E-state index in [4.69, 9.17) is 0 Å². The lowest BCUT2D eigenvalue weighted by Crippen LogP contribution is -2.30. The summed E-state index contributed by atoms with van der Waals surface area (Å²) in [6.45, 7) is 8.10. The molecule has 0 bridgehead atoms. The molecule has 0 aromatic heterocycles. The summed E-state index contributed by atoms with van der Waals surface area (Å²) in [5.74, 6) is 0.340. The Morgan fingerprint density at radius 3 is 1.38 bits per heavy atom. The first-order valence-corrected chi connectivity index (χ1v) is 9.54. The predicted molar refractivity (Wildman–Crippen MR) is 93.6 cm³/mol. The van der Waals surface area contributed by atoms with Crippen molar-refractivity contribution >= 4 is 5.91 Å². The van der Waals surface area contributed by atoms with E-state index in [2.05, 4.69) is 20.8 Å². The van der Waals surface area contributed by atoms with Gasteiger partial charge in [0.15, 0.2) is 0 Å². The van der Waals surface area contributed by atoms with Crippen molar-refractivity contribution in [2.45, 2.75) is 104 Å². The number of hydrogen-bond acceptors (Lipinski definition) is 1. The summed E-state index contributed by atoms with van der Waals surface area (Å²) in [4.78, 5) is 13.8. The summed E-state index contributed by atoms with van der Waals surface area (Å²) in [6.07, 6.45) is 17.0. The zero-order valence-corrected chi connectivity index (χ0v) is 15.0. The van der Waals surface area contributed by atoms with Crippen LogP contribution in [-0.4, -0.2) is 23.9 Å². The van der Waals surface area contributed by atoms with Crippen molar-refractivity contribution < 1.29 is 4.79 Å². The van der Waals surface area contributed by atoms with Crippen LogP contribution in [0.3, 0.4) is 0 Å². The van der Waals surface area contributed by atoms with Gasteiger partial charge in [0.05, 0.1) is 0 Å². The van der Waals surface area contributed by atoms with Crippen molar-refractivity contribution in [1.29, 1.82) is 0 Å². The molecule has 126 valence electrons. The van der Waals surface area contributed by atoms with Gasteiger partial charge in [-0.1, -0.05) is 77.6 Å². The molecule has 0 fully saturated rings. The fourth-order valence-electron chi connectivity index (χ4n) is 2.85. The Bertz CT molecular complexity index is 224. The molecule has 0 aliphatic rings. The molecule has 0 saturated carbocycles. The van der Waals surface area contributed by atoms with E-state index in [1.54, 1.807) is 0 Å². The van der Waals surface area contributed by atoms with Crippen molar-refractivity contribution in [3.8, 4) is 0 Å². The molecule has 2 nitrogen and oxygen atoms in total. The predicted octanol–water partition coefficient (Wildman–Crippen LogP) is 5.95. The van der Waals surface area contributed by atoms with Crippen molar-refractivity contribution in [3.05, 3.63) is 0 Å². The molecule has 2 heteroatoms. The summed E-state index contributed by atoms with van der Waals surface area (Å²) in [7, 11) is 0. The lowest BCUT2D eigenvalue weighted by atomic mass is 10.0. The summed E-state index contributed by atoms with van der Waals surface area (Å²) in [5, 5.41) is 0. The highest BCUT2D eigenvalue weighted by Crippen LogP contribution is 2.12. The van der Waals surface area contributed by atoms with Gasteiger partial charge in [0.25, 0.3) is 0 Å². The fourth-order valence-corrected chi connectivity index (χ4v) is 2.85. The molecule has 0 aliphatic carbocycles. The summed E-state index contributed by atoms with van der Waals surface area (Å²) in [5.41, 5.74) is 0. The first-order chi connectivity index (χ1) is 10.3. The van der Waals surface area contributed by atoms with Crippen LogP contribution in [0.5, 0.6) is 0 Å². The Kier molecular flexibility index (Phi) is 15.5. The van der Waals surface area contributed by atoms with Gasteiger partial charge in [0, 0.05) is 19.5 Å². The smallest absolute Gasteiger partial charge is 0.222 e.